The maximum atomic E-state index is 13.5. The number of halogens is 3. The highest BCUT2D eigenvalue weighted by atomic mass is 35.5. The molecular weight excluding hydrogens is 390 g/mol. The van der Waals surface area contributed by atoms with Crippen molar-refractivity contribution < 1.29 is 17.6 Å². The molecule has 9 heteroatoms. The van der Waals surface area contributed by atoms with Crippen molar-refractivity contribution in [1.29, 1.82) is 0 Å². The van der Waals surface area contributed by atoms with Gasteiger partial charge in [-0.2, -0.15) is 0 Å². The molecule has 1 amide bonds. The topological polar surface area (TPSA) is 75.3 Å². The molecule has 2 rings (SSSR count). The molecule has 5 nitrogen and oxygen atoms in total. The second kappa shape index (κ2) is 8.14. The molecule has 2 aromatic rings. The predicted molar refractivity (Wildman–Crippen MR) is 95.7 cm³/mol. The van der Waals surface area contributed by atoms with Crippen LogP contribution in [0.2, 0.25) is 10.0 Å². The van der Waals surface area contributed by atoms with Crippen molar-refractivity contribution in [3.63, 3.8) is 0 Å². The van der Waals surface area contributed by atoms with Gasteiger partial charge in [0, 0.05) is 6.54 Å². The first-order chi connectivity index (χ1) is 11.7. The Balaban J connectivity index is 2.17. The van der Waals surface area contributed by atoms with Gasteiger partial charge < -0.3 is 5.32 Å². The zero-order valence-electron chi connectivity index (χ0n) is 13.1. The number of benzene rings is 2. The second-order valence-electron chi connectivity index (χ2n) is 5.16. The van der Waals surface area contributed by atoms with Crippen LogP contribution >= 0.6 is 23.2 Å². The number of nitrogens with one attached hydrogen (secondary N) is 2. The Bertz CT molecular complexity index is 904. The lowest BCUT2D eigenvalue weighted by atomic mass is 10.1. The van der Waals surface area contributed by atoms with Gasteiger partial charge in [0.15, 0.2) is 0 Å². The summed E-state index contributed by atoms with van der Waals surface area (Å²) < 4.78 is 39.2. The van der Waals surface area contributed by atoms with E-state index in [1.54, 1.807) is 24.3 Å². The summed E-state index contributed by atoms with van der Waals surface area (Å²) >= 11 is 11.5. The molecule has 2 aromatic carbocycles. The molecule has 0 aromatic heterocycles. The molecule has 0 saturated heterocycles. The molecule has 25 heavy (non-hydrogen) atoms. The van der Waals surface area contributed by atoms with Gasteiger partial charge >= 0.3 is 0 Å². The Kier molecular flexibility index (Phi) is 6.40. The zero-order valence-corrected chi connectivity index (χ0v) is 15.5. The Labute approximate surface area is 155 Å². The minimum absolute atomic E-state index is 0.0231. The Morgan fingerprint density at radius 3 is 2.40 bits per heavy atom. The van der Waals surface area contributed by atoms with Gasteiger partial charge in [0.25, 0.3) is 5.91 Å². The number of rotatable bonds is 6. The van der Waals surface area contributed by atoms with E-state index in [-0.39, 0.29) is 27.9 Å². The highest BCUT2D eigenvalue weighted by Crippen LogP contribution is 2.24. The Morgan fingerprint density at radius 1 is 1.12 bits per heavy atom. The number of amides is 1. The zero-order chi connectivity index (χ0) is 18.6. The van der Waals surface area contributed by atoms with Gasteiger partial charge in [0.2, 0.25) is 10.0 Å². The van der Waals surface area contributed by atoms with Crippen LogP contribution in [0, 0.1) is 5.82 Å². The van der Waals surface area contributed by atoms with Gasteiger partial charge in [-0.1, -0.05) is 47.5 Å². The fourth-order valence-corrected chi connectivity index (χ4v) is 3.42. The van der Waals surface area contributed by atoms with E-state index in [9.17, 15) is 17.6 Å². The summed E-state index contributed by atoms with van der Waals surface area (Å²) in [6.07, 6.45) is 0. The standard InChI is InChI=1S/C16H15Cl2FN2O3S/c1-20-25(23,24)9-11-5-3-2-4-10(11)8-21-16(22)12-6-15(19)14(18)7-13(12)17/h2-7,20H,8-9H2,1H3,(H,21,22). The first-order valence-corrected chi connectivity index (χ1v) is 9.55. The summed E-state index contributed by atoms with van der Waals surface area (Å²) in [5, 5.41) is 2.44. The van der Waals surface area contributed by atoms with Crippen molar-refractivity contribution in [2.75, 3.05) is 7.05 Å². The average molecular weight is 405 g/mol. The molecule has 0 fully saturated rings. The van der Waals surface area contributed by atoms with Crippen LogP contribution in [0.4, 0.5) is 4.39 Å². The van der Waals surface area contributed by atoms with E-state index in [0.29, 0.717) is 11.1 Å². The smallest absolute Gasteiger partial charge is 0.253 e. The van der Waals surface area contributed by atoms with Crippen molar-refractivity contribution in [3.05, 3.63) is 69.0 Å². The molecule has 0 spiro atoms. The third-order valence-corrected chi connectivity index (χ3v) is 5.38. The predicted octanol–water partition coefficient (Wildman–Crippen LogP) is 3.11. The molecule has 0 atom stereocenters. The van der Waals surface area contributed by atoms with Crippen LogP contribution in [0.25, 0.3) is 0 Å². The van der Waals surface area contributed by atoms with Gasteiger partial charge in [-0.25, -0.2) is 17.5 Å². The van der Waals surface area contributed by atoms with Gasteiger partial charge in [-0.15, -0.1) is 0 Å². The fraction of sp³-hybridized carbons (Fsp3) is 0.188. The third kappa shape index (κ3) is 5.15. The number of hydrogen-bond acceptors (Lipinski definition) is 3. The minimum atomic E-state index is -3.45. The lowest BCUT2D eigenvalue weighted by molar-refractivity contribution is 0.0950. The van der Waals surface area contributed by atoms with E-state index < -0.39 is 21.7 Å². The van der Waals surface area contributed by atoms with Crippen LogP contribution in [0.5, 0.6) is 0 Å². The largest absolute Gasteiger partial charge is 0.348 e. The number of sulfonamides is 1. The Hall–Kier alpha value is -1.67. The SMILES string of the molecule is CNS(=O)(=O)Cc1ccccc1CNC(=O)c1cc(F)c(Cl)cc1Cl. The van der Waals surface area contributed by atoms with Gasteiger partial charge in [-0.05, 0) is 30.3 Å². The van der Waals surface area contributed by atoms with E-state index in [1.165, 1.54) is 7.05 Å². The van der Waals surface area contributed by atoms with Crippen molar-refractivity contribution in [3.8, 4) is 0 Å². The minimum Gasteiger partial charge on any atom is -0.348 e. The van der Waals surface area contributed by atoms with Crippen molar-refractivity contribution in [2.24, 2.45) is 0 Å². The lowest BCUT2D eigenvalue weighted by Gasteiger charge is -2.12. The van der Waals surface area contributed by atoms with Crippen LogP contribution in [0.1, 0.15) is 21.5 Å². The molecule has 0 unspecified atom stereocenters. The molecule has 0 bridgehead atoms. The van der Waals surface area contributed by atoms with E-state index >= 15 is 0 Å². The molecule has 0 aliphatic carbocycles. The summed E-state index contributed by atoms with van der Waals surface area (Å²) in [6, 6.07) is 8.90. The molecule has 2 N–H and O–H groups in total. The van der Waals surface area contributed by atoms with E-state index in [0.717, 1.165) is 12.1 Å². The average Bonchev–Trinajstić information content (AvgIpc) is 2.57. The number of hydrogen-bond donors (Lipinski definition) is 2. The monoisotopic (exact) mass is 404 g/mol. The quantitative estimate of drug-likeness (QED) is 0.726. The summed E-state index contributed by atoms with van der Waals surface area (Å²) in [5.74, 6) is -1.56. The van der Waals surface area contributed by atoms with Crippen LogP contribution in [-0.4, -0.2) is 21.4 Å². The van der Waals surface area contributed by atoms with Crippen LogP contribution in [-0.2, 0) is 22.3 Å². The molecule has 0 aliphatic heterocycles. The van der Waals surface area contributed by atoms with Crippen LogP contribution in [0.3, 0.4) is 0 Å². The highest BCUT2D eigenvalue weighted by Gasteiger charge is 2.16. The summed E-state index contributed by atoms with van der Waals surface area (Å²) in [7, 11) is -2.12. The summed E-state index contributed by atoms with van der Waals surface area (Å²) in [5.41, 5.74) is 1.12. The molecule has 0 aliphatic rings. The molecule has 134 valence electrons. The summed E-state index contributed by atoms with van der Waals surface area (Å²) in [6.45, 7) is 0.0643. The van der Waals surface area contributed by atoms with Gasteiger partial charge in [0.1, 0.15) is 5.82 Å². The van der Waals surface area contributed by atoms with E-state index in [1.807, 2.05) is 0 Å². The van der Waals surface area contributed by atoms with Crippen LogP contribution < -0.4 is 10.0 Å². The molecular formula is C16H15Cl2FN2O3S. The van der Waals surface area contributed by atoms with Gasteiger partial charge in [-0.3, -0.25) is 4.79 Å². The lowest BCUT2D eigenvalue weighted by Crippen LogP contribution is -2.25. The fourth-order valence-electron chi connectivity index (χ4n) is 2.11. The van der Waals surface area contributed by atoms with Crippen molar-refractivity contribution in [1.82, 2.24) is 10.0 Å². The van der Waals surface area contributed by atoms with E-state index in [4.69, 9.17) is 23.2 Å². The number of carbonyl (C=O) groups is 1. The molecule has 0 radical (unpaired) electrons. The normalized spacial score (nSPS) is 11.4. The summed E-state index contributed by atoms with van der Waals surface area (Å²) in [4.78, 5) is 12.2. The maximum Gasteiger partial charge on any atom is 0.253 e. The molecule has 0 saturated carbocycles. The van der Waals surface area contributed by atoms with Crippen LogP contribution in [0.15, 0.2) is 36.4 Å². The second-order valence-corrected chi connectivity index (χ2v) is 7.90. The molecule has 0 heterocycles. The van der Waals surface area contributed by atoms with E-state index in [2.05, 4.69) is 10.0 Å². The third-order valence-electron chi connectivity index (χ3n) is 3.47. The first-order valence-electron chi connectivity index (χ1n) is 7.14. The number of carbonyl (C=O) groups excluding carboxylic acids is 1. The van der Waals surface area contributed by atoms with Crippen molar-refractivity contribution >= 4 is 39.1 Å². The van der Waals surface area contributed by atoms with Crippen molar-refractivity contribution in [2.45, 2.75) is 12.3 Å². The maximum absolute atomic E-state index is 13.5. The first kappa shape index (κ1) is 19.7. The Morgan fingerprint density at radius 2 is 1.76 bits per heavy atom. The van der Waals surface area contributed by atoms with Gasteiger partial charge in [0.05, 0.1) is 21.4 Å². The highest BCUT2D eigenvalue weighted by molar-refractivity contribution is 7.88.